The van der Waals surface area contributed by atoms with Gasteiger partial charge < -0.3 is 10.0 Å². The number of aliphatic hydroxyl groups is 1. The van der Waals surface area contributed by atoms with Crippen molar-refractivity contribution in [2.24, 2.45) is 0 Å². The van der Waals surface area contributed by atoms with E-state index in [2.05, 4.69) is 0 Å². The summed E-state index contributed by atoms with van der Waals surface area (Å²) in [4.78, 5) is 14.2. The van der Waals surface area contributed by atoms with E-state index in [4.69, 9.17) is 5.11 Å². The van der Waals surface area contributed by atoms with Crippen molar-refractivity contribution in [1.82, 2.24) is 9.80 Å². The predicted molar refractivity (Wildman–Crippen MR) is 72.4 cm³/mol. The van der Waals surface area contributed by atoms with Crippen LogP contribution >= 0.6 is 0 Å². The van der Waals surface area contributed by atoms with Crippen LogP contribution in [0.5, 0.6) is 0 Å². The van der Waals surface area contributed by atoms with E-state index in [1.165, 1.54) is 37.2 Å². The molecule has 1 N–H and O–H groups in total. The lowest BCUT2D eigenvalue weighted by molar-refractivity contribution is -0.207. The monoisotopic (exact) mass is 322 g/mol. The van der Waals surface area contributed by atoms with Crippen molar-refractivity contribution in [3.05, 3.63) is 35.6 Å². The van der Waals surface area contributed by atoms with Gasteiger partial charge in [-0.3, -0.25) is 9.69 Å². The Hall–Kier alpha value is -1.67. The quantitative estimate of drug-likeness (QED) is 0.810. The van der Waals surface area contributed by atoms with Crippen LogP contribution in [0.1, 0.15) is 5.56 Å². The number of hydrogen-bond acceptors (Lipinski definition) is 3. The first-order valence-electron chi connectivity index (χ1n) is 6.52. The summed E-state index contributed by atoms with van der Waals surface area (Å²) in [5.74, 6) is -0.928. The summed E-state index contributed by atoms with van der Waals surface area (Å²) >= 11 is 0. The van der Waals surface area contributed by atoms with Gasteiger partial charge in [0.1, 0.15) is 5.82 Å². The van der Waals surface area contributed by atoms with Crippen molar-refractivity contribution in [2.45, 2.75) is 18.8 Å². The maximum absolute atomic E-state index is 13.5. The number of hydrogen-bond donors (Lipinski definition) is 1. The molecule has 124 valence electrons. The van der Waals surface area contributed by atoms with Crippen LogP contribution in [0.2, 0.25) is 0 Å². The lowest BCUT2D eigenvalue weighted by atomic mass is 10.2. The molecule has 0 saturated heterocycles. The number of alkyl halides is 3. The van der Waals surface area contributed by atoms with Gasteiger partial charge in [-0.2, -0.15) is 13.2 Å². The van der Waals surface area contributed by atoms with E-state index in [-0.39, 0.29) is 13.1 Å². The fourth-order valence-corrected chi connectivity index (χ4v) is 1.79. The van der Waals surface area contributed by atoms with Crippen molar-refractivity contribution < 1.29 is 27.5 Å². The van der Waals surface area contributed by atoms with E-state index < -0.39 is 30.5 Å². The minimum atomic E-state index is -4.73. The maximum Gasteiger partial charge on any atom is 0.415 e. The first-order chi connectivity index (χ1) is 10.1. The smallest absolute Gasteiger partial charge is 0.382 e. The van der Waals surface area contributed by atoms with Gasteiger partial charge in [0.2, 0.25) is 5.91 Å². The number of carbonyl (C=O) groups is 1. The van der Waals surface area contributed by atoms with Crippen LogP contribution < -0.4 is 0 Å². The number of halogens is 4. The Kier molecular flexibility index (Phi) is 6.31. The molecule has 0 heterocycles. The Morgan fingerprint density at radius 2 is 1.86 bits per heavy atom. The minimum Gasteiger partial charge on any atom is -0.382 e. The SMILES string of the molecule is CN(CC(=O)N(C)Cc1ccccc1F)CC(O)C(F)(F)F. The third kappa shape index (κ3) is 5.61. The van der Waals surface area contributed by atoms with E-state index in [9.17, 15) is 22.4 Å². The molecule has 0 radical (unpaired) electrons. The molecule has 0 bridgehead atoms. The van der Waals surface area contributed by atoms with Crippen molar-refractivity contribution in [2.75, 3.05) is 27.2 Å². The highest BCUT2D eigenvalue weighted by molar-refractivity contribution is 5.77. The zero-order chi connectivity index (χ0) is 16.9. The molecule has 1 atom stereocenters. The Morgan fingerprint density at radius 1 is 1.27 bits per heavy atom. The Bertz CT molecular complexity index is 508. The largest absolute Gasteiger partial charge is 0.415 e. The standard InChI is InChI=1S/C14H18F4N2O2/c1-19(8-12(21)14(16,17)18)9-13(22)20(2)7-10-5-3-4-6-11(10)15/h3-6,12,21H,7-9H2,1-2H3. The normalized spacial score (nSPS) is 13.3. The number of carbonyl (C=O) groups excluding carboxylic acids is 1. The summed E-state index contributed by atoms with van der Waals surface area (Å²) in [6.07, 6.45) is -7.24. The average Bonchev–Trinajstić information content (AvgIpc) is 2.39. The van der Waals surface area contributed by atoms with Gasteiger partial charge in [-0.25, -0.2) is 4.39 Å². The number of rotatable bonds is 6. The molecule has 0 aromatic heterocycles. The van der Waals surface area contributed by atoms with Crippen molar-refractivity contribution >= 4 is 5.91 Å². The second kappa shape index (κ2) is 7.55. The van der Waals surface area contributed by atoms with Gasteiger partial charge in [0, 0.05) is 25.7 Å². The number of aliphatic hydroxyl groups excluding tert-OH is 1. The van der Waals surface area contributed by atoms with E-state index in [1.807, 2.05) is 0 Å². The fourth-order valence-electron chi connectivity index (χ4n) is 1.79. The van der Waals surface area contributed by atoms with Crippen molar-refractivity contribution in [3.63, 3.8) is 0 Å². The fraction of sp³-hybridized carbons (Fsp3) is 0.500. The molecule has 1 unspecified atom stereocenters. The van der Waals surface area contributed by atoms with E-state index in [1.54, 1.807) is 6.07 Å². The molecular weight excluding hydrogens is 304 g/mol. The van der Waals surface area contributed by atoms with Crippen LogP contribution in [0.15, 0.2) is 24.3 Å². The summed E-state index contributed by atoms with van der Waals surface area (Å²) in [5.41, 5.74) is 0.316. The second-order valence-electron chi connectivity index (χ2n) is 5.10. The summed E-state index contributed by atoms with van der Waals surface area (Å²) < 4.78 is 50.1. The summed E-state index contributed by atoms with van der Waals surface area (Å²) in [6, 6.07) is 5.94. The van der Waals surface area contributed by atoms with Crippen LogP contribution in [-0.4, -0.2) is 60.3 Å². The highest BCUT2D eigenvalue weighted by atomic mass is 19.4. The van der Waals surface area contributed by atoms with Gasteiger partial charge in [0.15, 0.2) is 6.10 Å². The topological polar surface area (TPSA) is 43.8 Å². The molecule has 22 heavy (non-hydrogen) atoms. The highest BCUT2D eigenvalue weighted by Gasteiger charge is 2.38. The van der Waals surface area contributed by atoms with Crippen LogP contribution in [-0.2, 0) is 11.3 Å². The molecule has 0 aliphatic heterocycles. The Morgan fingerprint density at radius 3 is 2.41 bits per heavy atom. The molecule has 0 aliphatic carbocycles. The molecule has 0 saturated carbocycles. The van der Waals surface area contributed by atoms with E-state index in [0.717, 1.165) is 4.90 Å². The summed E-state index contributed by atoms with van der Waals surface area (Å²) in [5, 5.41) is 8.94. The van der Waals surface area contributed by atoms with Crippen molar-refractivity contribution in [3.8, 4) is 0 Å². The molecule has 0 spiro atoms. The minimum absolute atomic E-state index is 0.0151. The lowest BCUT2D eigenvalue weighted by Gasteiger charge is -2.24. The van der Waals surface area contributed by atoms with Gasteiger partial charge in [-0.15, -0.1) is 0 Å². The molecule has 8 heteroatoms. The van der Waals surface area contributed by atoms with E-state index >= 15 is 0 Å². The van der Waals surface area contributed by atoms with Crippen LogP contribution in [0, 0.1) is 5.82 Å². The number of nitrogens with zero attached hydrogens (tertiary/aromatic N) is 2. The van der Waals surface area contributed by atoms with Gasteiger partial charge in [-0.05, 0) is 13.1 Å². The molecule has 1 rings (SSSR count). The predicted octanol–water partition coefficient (Wildman–Crippen LogP) is 1.64. The lowest BCUT2D eigenvalue weighted by Crippen LogP contribution is -2.43. The number of benzene rings is 1. The first-order valence-corrected chi connectivity index (χ1v) is 6.52. The molecular formula is C14H18F4N2O2. The average molecular weight is 322 g/mol. The molecule has 1 aromatic rings. The first kappa shape index (κ1) is 18.4. The summed E-state index contributed by atoms with van der Waals surface area (Å²) in [7, 11) is 2.73. The number of likely N-dealkylation sites (N-methyl/N-ethyl adjacent to an activating group) is 2. The van der Waals surface area contributed by atoms with Gasteiger partial charge >= 0.3 is 6.18 Å². The van der Waals surface area contributed by atoms with Crippen LogP contribution in [0.4, 0.5) is 17.6 Å². The molecule has 0 fully saturated rings. The van der Waals surface area contributed by atoms with Crippen LogP contribution in [0.3, 0.4) is 0 Å². The van der Waals surface area contributed by atoms with Crippen molar-refractivity contribution in [1.29, 1.82) is 0 Å². The molecule has 4 nitrogen and oxygen atoms in total. The second-order valence-corrected chi connectivity index (χ2v) is 5.10. The third-order valence-electron chi connectivity index (χ3n) is 3.06. The molecule has 1 aromatic carbocycles. The summed E-state index contributed by atoms with van der Waals surface area (Å²) in [6.45, 7) is -0.998. The highest BCUT2D eigenvalue weighted by Crippen LogP contribution is 2.20. The Labute approximate surface area is 125 Å². The van der Waals surface area contributed by atoms with E-state index in [0.29, 0.717) is 5.56 Å². The van der Waals surface area contributed by atoms with Gasteiger partial charge in [0.05, 0.1) is 6.54 Å². The number of amides is 1. The van der Waals surface area contributed by atoms with Gasteiger partial charge in [0.25, 0.3) is 0 Å². The molecule has 0 aliphatic rings. The zero-order valence-electron chi connectivity index (χ0n) is 12.3. The third-order valence-corrected chi connectivity index (χ3v) is 3.06. The molecule has 1 amide bonds. The maximum atomic E-state index is 13.5. The van der Waals surface area contributed by atoms with Gasteiger partial charge in [-0.1, -0.05) is 18.2 Å². The zero-order valence-corrected chi connectivity index (χ0v) is 12.3. The van der Waals surface area contributed by atoms with Crippen LogP contribution in [0.25, 0.3) is 0 Å². The Balaban J connectivity index is 2.52.